The Balaban J connectivity index is 5.25. The number of rotatable bonds is 52. The normalized spacial score (nSPS) is 12.3. The molecule has 0 spiro atoms. The van der Waals surface area contributed by atoms with Gasteiger partial charge in [0.25, 0.3) is 0 Å². The summed E-state index contributed by atoms with van der Waals surface area (Å²) >= 11 is -4.97. The van der Waals surface area contributed by atoms with Gasteiger partial charge in [0.15, 0.2) is 0 Å². The Hall–Kier alpha value is -2.35. The maximum absolute atomic E-state index is 13.6. The van der Waals surface area contributed by atoms with Gasteiger partial charge < -0.3 is 0 Å². The second-order valence-electron chi connectivity index (χ2n) is 19.6. The van der Waals surface area contributed by atoms with Crippen molar-refractivity contribution >= 4 is 37.5 Å². The molecular formula is C62H110O6Sn. The molecule has 0 atom stereocenters. The first-order valence-electron chi connectivity index (χ1n) is 29.5. The van der Waals surface area contributed by atoms with Crippen molar-refractivity contribution in [3.8, 4) is 0 Å². The van der Waals surface area contributed by atoms with Crippen molar-refractivity contribution in [2.45, 2.75) is 302 Å². The van der Waals surface area contributed by atoms with E-state index in [-0.39, 0.29) is 37.2 Å². The van der Waals surface area contributed by atoms with E-state index < -0.39 is 19.6 Å². The number of unbranched alkanes of at least 4 members (excludes halogenated alkanes) is 29. The molecule has 0 aliphatic rings. The van der Waals surface area contributed by atoms with Crippen molar-refractivity contribution in [1.29, 1.82) is 0 Å². The predicted molar refractivity (Wildman–Crippen MR) is 300 cm³/mol. The third-order valence-corrected chi connectivity index (χ3v) is 20.0. The van der Waals surface area contributed by atoms with Crippen LogP contribution < -0.4 is 0 Å². The van der Waals surface area contributed by atoms with Crippen molar-refractivity contribution in [2.75, 3.05) is 0 Å². The molecule has 0 fully saturated rings. The molecule has 0 saturated heterocycles. The zero-order chi connectivity index (χ0) is 50.2. The van der Waals surface area contributed by atoms with Gasteiger partial charge in [-0.05, 0) is 38.5 Å². The molecule has 398 valence electrons. The molecule has 0 heterocycles. The summed E-state index contributed by atoms with van der Waals surface area (Å²) in [5.74, 6) is -1.13. The van der Waals surface area contributed by atoms with Crippen LogP contribution in [-0.4, -0.2) is 37.5 Å². The van der Waals surface area contributed by atoms with Crippen LogP contribution in [0.3, 0.4) is 0 Å². The second-order valence-corrected chi connectivity index (χ2v) is 26.6. The molecule has 0 aliphatic heterocycles. The topological polar surface area (TPSA) is 78.9 Å². The molecule has 0 N–H and O–H groups in total. The van der Waals surface area contributed by atoms with Crippen LogP contribution in [0.5, 0.6) is 0 Å². The molecule has 0 bridgehead atoms. The van der Waals surface area contributed by atoms with E-state index in [1.807, 2.05) is 0 Å². The van der Waals surface area contributed by atoms with Gasteiger partial charge >= 0.3 is 302 Å². The zero-order valence-electron chi connectivity index (χ0n) is 45.8. The third kappa shape index (κ3) is 50.4. The zero-order valence-corrected chi connectivity index (χ0v) is 48.6. The van der Waals surface area contributed by atoms with Crippen molar-refractivity contribution in [3.05, 3.63) is 72.9 Å². The van der Waals surface area contributed by atoms with E-state index in [1.54, 1.807) is 0 Å². The molecule has 7 heteroatoms. The summed E-state index contributed by atoms with van der Waals surface area (Å²) in [6.45, 7) is 8.93. The average molecular weight is 1070 g/mol. The first kappa shape index (κ1) is 66.6. The van der Waals surface area contributed by atoms with E-state index in [0.29, 0.717) is 4.44 Å². The number of hydrogen-bond donors (Lipinski definition) is 0. The summed E-state index contributed by atoms with van der Waals surface area (Å²) in [7, 11) is 0. The molecule has 0 saturated carbocycles. The van der Waals surface area contributed by atoms with Gasteiger partial charge in [-0.2, -0.15) is 0 Å². The van der Waals surface area contributed by atoms with Crippen LogP contribution in [0.1, 0.15) is 297 Å². The molecule has 0 aromatic carbocycles. The monoisotopic (exact) mass is 1070 g/mol. The molecule has 0 rings (SSSR count). The quantitative estimate of drug-likeness (QED) is 0.0343. The van der Waals surface area contributed by atoms with E-state index in [9.17, 15) is 14.4 Å². The van der Waals surface area contributed by atoms with Gasteiger partial charge in [0.1, 0.15) is 0 Å². The number of carbonyl (C=O) groups excluding carboxylic acids is 3. The van der Waals surface area contributed by atoms with Crippen LogP contribution in [0.25, 0.3) is 0 Å². The standard InChI is InChI=1S/3C18H32O2.C8H17.Sn/c3*1-2-3-4-5-6-7-8-9-10-11-12-13-14-15-16-17-18(19)20;1-3-5-7-8-6-4-2;/h3*6-7,9-10H,2-5,8,11-17H2,1H3,(H,19,20);1,3-8H2,2H3;/q;;;;+3/p-3/b3*7-6-,10-9-;;. The molecule has 6 nitrogen and oxygen atoms in total. The molecule has 69 heavy (non-hydrogen) atoms. The predicted octanol–water partition coefficient (Wildman–Crippen LogP) is 20.4. The Labute approximate surface area is 433 Å². The minimum atomic E-state index is -4.97. The minimum Gasteiger partial charge on any atom is -0.0882 e. The average Bonchev–Trinajstić information content (AvgIpc) is 3.33. The molecular weight excluding hydrogens is 959 g/mol. The van der Waals surface area contributed by atoms with E-state index in [4.69, 9.17) is 9.22 Å². The summed E-state index contributed by atoms with van der Waals surface area (Å²) in [6.07, 6.45) is 70.8. The van der Waals surface area contributed by atoms with Gasteiger partial charge in [-0.25, -0.2) is 0 Å². The first-order chi connectivity index (χ1) is 33.9. The van der Waals surface area contributed by atoms with Crippen LogP contribution in [0.2, 0.25) is 4.44 Å². The maximum atomic E-state index is 13.6. The van der Waals surface area contributed by atoms with Crippen molar-refractivity contribution < 1.29 is 23.6 Å². The Kier molecular flexibility index (Phi) is 53.1. The Morgan fingerprint density at radius 1 is 0.275 bits per heavy atom. The summed E-state index contributed by atoms with van der Waals surface area (Å²) in [5.41, 5.74) is 0. The Morgan fingerprint density at radius 2 is 0.493 bits per heavy atom. The van der Waals surface area contributed by atoms with E-state index in [2.05, 4.69) is 101 Å². The van der Waals surface area contributed by atoms with E-state index in [1.165, 1.54) is 83.5 Å². The van der Waals surface area contributed by atoms with Crippen molar-refractivity contribution in [1.82, 2.24) is 0 Å². The number of hydrogen-bond acceptors (Lipinski definition) is 6. The summed E-state index contributed by atoms with van der Waals surface area (Å²) in [6, 6.07) is 0. The fraction of sp³-hybridized carbons (Fsp3) is 0.758. The number of carbonyl (C=O) groups is 3. The SMILES string of the molecule is CCCCC/C=C\C/C=C\CCCCCCCC(=O)[O][Sn]([CH2]CCCCCCC)([O]C(=O)CCCCCCC/C=C\C/C=C\CCCCC)[O]C(=O)CCCCCCC/C=C\C/C=C\CCCCC. The van der Waals surface area contributed by atoms with Crippen LogP contribution in [0, 0.1) is 0 Å². The van der Waals surface area contributed by atoms with E-state index in [0.717, 1.165) is 167 Å². The smallest absolute Gasteiger partial charge is 0.0882 e. The molecule has 0 amide bonds. The van der Waals surface area contributed by atoms with Crippen LogP contribution >= 0.6 is 0 Å². The second kappa shape index (κ2) is 55.0. The fourth-order valence-corrected chi connectivity index (χ4v) is 15.3. The van der Waals surface area contributed by atoms with Gasteiger partial charge in [-0.15, -0.1) is 0 Å². The molecule has 0 aromatic rings. The van der Waals surface area contributed by atoms with Gasteiger partial charge in [-0.3, -0.25) is 0 Å². The van der Waals surface area contributed by atoms with Crippen LogP contribution in [-0.2, 0) is 23.6 Å². The molecule has 0 unspecified atom stereocenters. The third-order valence-electron chi connectivity index (χ3n) is 12.6. The van der Waals surface area contributed by atoms with Gasteiger partial charge in [0.05, 0.1) is 0 Å². The number of allylic oxidation sites excluding steroid dienone is 12. The summed E-state index contributed by atoms with van der Waals surface area (Å²) < 4.78 is 19.1. The van der Waals surface area contributed by atoms with Gasteiger partial charge in [0.2, 0.25) is 0 Å². The van der Waals surface area contributed by atoms with Crippen molar-refractivity contribution in [3.63, 3.8) is 0 Å². The fourth-order valence-electron chi connectivity index (χ4n) is 8.25. The molecule has 0 aromatic heterocycles. The first-order valence-corrected chi connectivity index (χ1v) is 35.0. The Morgan fingerprint density at radius 3 is 0.783 bits per heavy atom. The van der Waals surface area contributed by atoms with Crippen LogP contribution in [0.4, 0.5) is 0 Å². The summed E-state index contributed by atoms with van der Waals surface area (Å²) in [4.78, 5) is 40.7. The Bertz CT molecular complexity index is 1180. The minimum absolute atomic E-state index is 0.255. The van der Waals surface area contributed by atoms with Crippen LogP contribution in [0.15, 0.2) is 72.9 Å². The summed E-state index contributed by atoms with van der Waals surface area (Å²) in [5, 5.41) is 0. The van der Waals surface area contributed by atoms with Crippen molar-refractivity contribution in [2.24, 2.45) is 0 Å². The molecule has 0 aliphatic carbocycles. The van der Waals surface area contributed by atoms with Gasteiger partial charge in [-0.1, -0.05) is 95.8 Å². The van der Waals surface area contributed by atoms with Gasteiger partial charge in [0, 0.05) is 0 Å². The van der Waals surface area contributed by atoms with E-state index >= 15 is 0 Å². The molecule has 0 radical (unpaired) electrons.